The first-order chi connectivity index (χ1) is 11.6. The van der Waals surface area contributed by atoms with E-state index < -0.39 is 0 Å². The van der Waals surface area contributed by atoms with Gasteiger partial charge >= 0.3 is 0 Å². The molecule has 1 aliphatic carbocycles. The monoisotopic (exact) mass is 410 g/mol. The Morgan fingerprint density at radius 2 is 1.75 bits per heavy atom. The number of rotatable bonds is 5. The fraction of sp³-hybridized carbons (Fsp3) is 0.556. The van der Waals surface area contributed by atoms with Crippen LogP contribution in [0.2, 0.25) is 0 Å². The molecule has 2 fully saturated rings. The van der Waals surface area contributed by atoms with Gasteiger partial charge in [0.05, 0.1) is 0 Å². The van der Waals surface area contributed by atoms with Gasteiger partial charge in [0.2, 0.25) is 11.8 Å². The Labute approximate surface area is 156 Å². The topological polar surface area (TPSA) is 40.6 Å². The van der Waals surface area contributed by atoms with E-state index in [-0.39, 0.29) is 11.8 Å². The summed E-state index contributed by atoms with van der Waals surface area (Å²) < 4.78 is 1.07. The Bertz CT molecular complexity index is 598. The summed E-state index contributed by atoms with van der Waals surface area (Å²) in [4.78, 5) is 29.6. The minimum absolute atomic E-state index is 0.199. The second-order valence-corrected chi connectivity index (χ2v) is 8.35. The van der Waals surface area contributed by atoms with Crippen molar-refractivity contribution in [2.45, 2.75) is 30.6 Å². The molecule has 0 N–H and O–H groups in total. The molecule has 0 bridgehead atoms. The Balaban J connectivity index is 1.39. The Morgan fingerprint density at radius 3 is 2.38 bits per heavy atom. The molecule has 1 aromatic rings. The number of nitrogens with zero attached hydrogens (tertiary/aromatic N) is 2. The van der Waals surface area contributed by atoms with Crippen molar-refractivity contribution >= 4 is 39.5 Å². The summed E-state index contributed by atoms with van der Waals surface area (Å²) in [5.74, 6) is 1.54. The van der Waals surface area contributed by atoms with Crippen molar-refractivity contribution in [3.8, 4) is 0 Å². The normalized spacial score (nSPS) is 18.4. The molecule has 1 aromatic carbocycles. The van der Waals surface area contributed by atoms with Gasteiger partial charge in [-0.1, -0.05) is 18.6 Å². The minimum atomic E-state index is 0.199. The van der Waals surface area contributed by atoms with E-state index in [2.05, 4.69) is 22.0 Å². The van der Waals surface area contributed by atoms with Gasteiger partial charge in [-0.15, -0.1) is 11.8 Å². The molecule has 24 heavy (non-hydrogen) atoms. The number of hydrogen-bond donors (Lipinski definition) is 0. The highest BCUT2D eigenvalue weighted by atomic mass is 79.9. The summed E-state index contributed by atoms with van der Waals surface area (Å²) >= 11 is 5.23. The van der Waals surface area contributed by atoms with Crippen LogP contribution >= 0.6 is 27.7 Å². The quantitative estimate of drug-likeness (QED) is 0.698. The van der Waals surface area contributed by atoms with Gasteiger partial charge in [0.25, 0.3) is 0 Å². The van der Waals surface area contributed by atoms with Crippen LogP contribution < -0.4 is 0 Å². The van der Waals surface area contributed by atoms with E-state index in [1.807, 2.05) is 28.0 Å². The number of thioether (sulfide) groups is 1. The summed E-state index contributed by atoms with van der Waals surface area (Å²) in [5.41, 5.74) is 0. The molecule has 0 aromatic heterocycles. The molecule has 2 amide bonds. The third-order valence-electron chi connectivity index (χ3n) is 4.81. The van der Waals surface area contributed by atoms with Crippen LogP contribution in [0.15, 0.2) is 33.6 Å². The summed E-state index contributed by atoms with van der Waals surface area (Å²) in [6, 6.07) is 8.07. The molecule has 2 aliphatic rings. The van der Waals surface area contributed by atoms with E-state index in [1.54, 1.807) is 11.8 Å². The van der Waals surface area contributed by atoms with Crippen LogP contribution in [0.5, 0.6) is 0 Å². The highest BCUT2D eigenvalue weighted by Gasteiger charge is 2.31. The summed E-state index contributed by atoms with van der Waals surface area (Å²) in [7, 11) is 0. The van der Waals surface area contributed by atoms with Gasteiger partial charge < -0.3 is 9.80 Å². The number of carbonyl (C=O) groups excluding carboxylic acids is 2. The van der Waals surface area contributed by atoms with E-state index in [4.69, 9.17) is 0 Å². The lowest BCUT2D eigenvalue weighted by atomic mass is 9.84. The van der Waals surface area contributed by atoms with Crippen molar-refractivity contribution in [1.82, 2.24) is 9.80 Å². The predicted molar refractivity (Wildman–Crippen MR) is 100.0 cm³/mol. The molecule has 1 heterocycles. The lowest BCUT2D eigenvalue weighted by Crippen LogP contribution is -2.52. The van der Waals surface area contributed by atoms with E-state index >= 15 is 0 Å². The molecular weight excluding hydrogens is 388 g/mol. The zero-order chi connectivity index (χ0) is 16.9. The second kappa shape index (κ2) is 8.39. The molecule has 3 rings (SSSR count). The van der Waals surface area contributed by atoms with Gasteiger partial charge in [0, 0.05) is 53.6 Å². The van der Waals surface area contributed by atoms with E-state index in [0.29, 0.717) is 38.5 Å². The molecule has 1 saturated carbocycles. The highest BCUT2D eigenvalue weighted by molar-refractivity contribution is 9.10. The minimum Gasteiger partial charge on any atom is -0.339 e. The molecule has 0 atom stereocenters. The van der Waals surface area contributed by atoms with Crippen molar-refractivity contribution in [2.24, 2.45) is 5.92 Å². The zero-order valence-electron chi connectivity index (χ0n) is 13.7. The third-order valence-corrected chi connectivity index (χ3v) is 6.84. The summed E-state index contributed by atoms with van der Waals surface area (Å²) in [5, 5.41) is 0. The van der Waals surface area contributed by atoms with Gasteiger partial charge in [-0.3, -0.25) is 9.59 Å². The first-order valence-corrected chi connectivity index (χ1v) is 10.4. The second-order valence-electron chi connectivity index (χ2n) is 6.36. The Morgan fingerprint density at radius 1 is 1.08 bits per heavy atom. The van der Waals surface area contributed by atoms with Crippen LogP contribution in [0.4, 0.5) is 0 Å². The molecule has 0 radical (unpaired) electrons. The lowest BCUT2D eigenvalue weighted by molar-refractivity contribution is -0.143. The van der Waals surface area contributed by atoms with Crippen molar-refractivity contribution in [1.29, 1.82) is 0 Å². The van der Waals surface area contributed by atoms with Gasteiger partial charge in [-0.2, -0.15) is 0 Å². The molecule has 1 saturated heterocycles. The van der Waals surface area contributed by atoms with Crippen molar-refractivity contribution in [2.75, 3.05) is 31.9 Å². The first kappa shape index (κ1) is 17.8. The fourth-order valence-electron chi connectivity index (χ4n) is 3.06. The molecule has 130 valence electrons. The van der Waals surface area contributed by atoms with Crippen LogP contribution in [0.25, 0.3) is 0 Å². The average Bonchev–Trinajstić information content (AvgIpc) is 2.55. The van der Waals surface area contributed by atoms with Gasteiger partial charge in [0.15, 0.2) is 0 Å². The van der Waals surface area contributed by atoms with Crippen LogP contribution in [-0.4, -0.2) is 53.5 Å². The highest BCUT2D eigenvalue weighted by Crippen LogP contribution is 2.29. The molecular formula is C18H23BrN2O2S. The molecule has 0 spiro atoms. The Kier molecular flexibility index (Phi) is 6.22. The molecule has 1 aliphatic heterocycles. The smallest absolute Gasteiger partial charge is 0.225 e. The number of carbonyl (C=O) groups is 2. The number of hydrogen-bond acceptors (Lipinski definition) is 3. The van der Waals surface area contributed by atoms with Crippen LogP contribution in [0, 0.1) is 5.92 Å². The largest absolute Gasteiger partial charge is 0.339 e. The van der Waals surface area contributed by atoms with Crippen LogP contribution in [-0.2, 0) is 9.59 Å². The molecule has 0 unspecified atom stereocenters. The van der Waals surface area contributed by atoms with Crippen molar-refractivity contribution in [3.63, 3.8) is 0 Å². The molecule has 6 heteroatoms. The van der Waals surface area contributed by atoms with Crippen LogP contribution in [0.1, 0.15) is 25.7 Å². The maximum atomic E-state index is 12.3. The summed E-state index contributed by atoms with van der Waals surface area (Å²) in [6.45, 7) is 2.74. The van der Waals surface area contributed by atoms with Crippen molar-refractivity contribution in [3.05, 3.63) is 28.7 Å². The van der Waals surface area contributed by atoms with Crippen LogP contribution in [0.3, 0.4) is 0 Å². The predicted octanol–water partition coefficient (Wildman–Crippen LogP) is 3.40. The fourth-order valence-corrected chi connectivity index (χ4v) is 4.56. The van der Waals surface area contributed by atoms with Crippen molar-refractivity contribution < 1.29 is 9.59 Å². The standard InChI is InChI=1S/C18H23BrN2O2S/c19-15-6-1-2-7-16(15)24-13-8-17(22)20-9-11-21(12-10-20)18(23)14-4-3-5-14/h1-2,6-7,14H,3-5,8-13H2. The number of benzene rings is 1. The SMILES string of the molecule is O=C(CCSc1ccccc1Br)N1CCN(C(=O)C2CCC2)CC1. The summed E-state index contributed by atoms with van der Waals surface area (Å²) in [6.07, 6.45) is 3.82. The average molecular weight is 411 g/mol. The first-order valence-electron chi connectivity index (χ1n) is 8.59. The number of halogens is 1. The third kappa shape index (κ3) is 4.33. The maximum absolute atomic E-state index is 12.3. The molecule has 4 nitrogen and oxygen atoms in total. The number of amides is 2. The van der Waals surface area contributed by atoms with Gasteiger partial charge in [-0.25, -0.2) is 0 Å². The van der Waals surface area contributed by atoms with Gasteiger partial charge in [-0.05, 0) is 40.9 Å². The Hall–Kier alpha value is -1.01. The van der Waals surface area contributed by atoms with E-state index in [1.165, 1.54) is 11.3 Å². The zero-order valence-corrected chi connectivity index (χ0v) is 16.2. The van der Waals surface area contributed by atoms with E-state index in [0.717, 1.165) is 23.1 Å². The van der Waals surface area contributed by atoms with E-state index in [9.17, 15) is 9.59 Å². The lowest BCUT2D eigenvalue weighted by Gasteiger charge is -2.38. The maximum Gasteiger partial charge on any atom is 0.225 e. The van der Waals surface area contributed by atoms with Gasteiger partial charge in [0.1, 0.15) is 0 Å². The number of piperazine rings is 1.